The largest absolute Gasteiger partial charge is 0.493 e. The van der Waals surface area contributed by atoms with E-state index in [2.05, 4.69) is 16.0 Å². The van der Waals surface area contributed by atoms with Crippen molar-refractivity contribution in [2.24, 2.45) is 0 Å². The molecular weight excluding hydrogens is 450 g/mol. The van der Waals surface area contributed by atoms with Gasteiger partial charge in [-0.25, -0.2) is 4.98 Å². The summed E-state index contributed by atoms with van der Waals surface area (Å²) in [4.78, 5) is 22.0. The maximum absolute atomic E-state index is 13.0. The third-order valence-corrected chi connectivity index (χ3v) is 6.40. The van der Waals surface area contributed by atoms with Crippen LogP contribution in [0.25, 0.3) is 27.1 Å². The van der Waals surface area contributed by atoms with Gasteiger partial charge >= 0.3 is 0 Å². The van der Waals surface area contributed by atoms with Crippen molar-refractivity contribution in [3.8, 4) is 28.7 Å². The van der Waals surface area contributed by atoms with Gasteiger partial charge in [0, 0.05) is 17.1 Å². The van der Waals surface area contributed by atoms with Crippen LogP contribution in [0.1, 0.15) is 16.7 Å². The number of rotatable bonds is 5. The number of ether oxygens (including phenoxy) is 2. The molecule has 3 heterocycles. The molecule has 8 nitrogen and oxygen atoms in total. The first-order chi connectivity index (χ1) is 16.5. The maximum atomic E-state index is 13.0. The minimum Gasteiger partial charge on any atom is -0.493 e. The van der Waals surface area contributed by atoms with Crippen LogP contribution in [-0.2, 0) is 6.61 Å². The Kier molecular flexibility index (Phi) is 5.36. The van der Waals surface area contributed by atoms with Gasteiger partial charge in [0.05, 0.1) is 12.5 Å². The SMILES string of the molecule is COc1cc(-c2c(C#N)c(N)nc3c2c(=O)nc2sccn23)ccc1OCc1ccccc1C. The summed E-state index contributed by atoms with van der Waals surface area (Å²) in [7, 11) is 1.54. The molecule has 2 aromatic carbocycles. The number of aromatic nitrogens is 3. The fourth-order valence-corrected chi connectivity index (χ4v) is 4.60. The highest BCUT2D eigenvalue weighted by atomic mass is 32.1. The van der Waals surface area contributed by atoms with Gasteiger partial charge in [-0.2, -0.15) is 10.2 Å². The molecule has 0 spiro atoms. The molecule has 0 saturated carbocycles. The third kappa shape index (κ3) is 3.50. The Bertz CT molecular complexity index is 1670. The molecule has 0 aliphatic heterocycles. The number of methoxy groups -OCH3 is 1. The number of pyridine rings is 1. The predicted octanol–water partition coefficient (Wildman–Crippen LogP) is 4.32. The normalized spacial score (nSPS) is 11.0. The molecule has 0 amide bonds. The van der Waals surface area contributed by atoms with E-state index < -0.39 is 5.56 Å². The Morgan fingerprint density at radius 3 is 2.76 bits per heavy atom. The van der Waals surface area contributed by atoms with Crippen molar-refractivity contribution in [3.05, 3.63) is 81.1 Å². The van der Waals surface area contributed by atoms with E-state index >= 15 is 0 Å². The van der Waals surface area contributed by atoms with Crippen LogP contribution in [0.15, 0.2) is 58.8 Å². The topological polar surface area (TPSA) is 116 Å². The molecule has 0 atom stereocenters. The summed E-state index contributed by atoms with van der Waals surface area (Å²) in [6.07, 6.45) is 1.76. The lowest BCUT2D eigenvalue weighted by atomic mass is 9.97. The smallest absolute Gasteiger partial charge is 0.284 e. The first-order valence-corrected chi connectivity index (χ1v) is 11.2. The molecule has 168 valence electrons. The fraction of sp³-hybridized carbons (Fsp3) is 0.120. The summed E-state index contributed by atoms with van der Waals surface area (Å²) in [5.74, 6) is 1.03. The van der Waals surface area contributed by atoms with Crippen molar-refractivity contribution in [2.45, 2.75) is 13.5 Å². The van der Waals surface area contributed by atoms with Gasteiger partial charge in [-0.1, -0.05) is 30.3 Å². The second kappa shape index (κ2) is 8.50. The number of benzene rings is 2. The Balaban J connectivity index is 1.67. The zero-order valence-corrected chi connectivity index (χ0v) is 19.2. The van der Waals surface area contributed by atoms with Crippen LogP contribution in [-0.4, -0.2) is 21.5 Å². The fourth-order valence-electron chi connectivity index (χ4n) is 3.90. The number of nitrogens with two attached hydrogens (primary N) is 1. The molecule has 0 fully saturated rings. The molecule has 5 aromatic rings. The second-order valence-electron chi connectivity index (χ2n) is 7.61. The number of nitriles is 1. The summed E-state index contributed by atoms with van der Waals surface area (Å²) in [6.45, 7) is 2.40. The monoisotopic (exact) mass is 469 g/mol. The van der Waals surface area contributed by atoms with Crippen molar-refractivity contribution in [2.75, 3.05) is 12.8 Å². The van der Waals surface area contributed by atoms with Crippen molar-refractivity contribution in [1.82, 2.24) is 14.4 Å². The molecule has 0 unspecified atom stereocenters. The number of aryl methyl sites for hydroxylation is 1. The van der Waals surface area contributed by atoms with Crippen molar-refractivity contribution >= 4 is 33.1 Å². The molecule has 0 aliphatic carbocycles. The lowest BCUT2D eigenvalue weighted by Gasteiger charge is -2.15. The zero-order chi connectivity index (χ0) is 23.8. The molecule has 0 saturated heterocycles. The van der Waals surface area contributed by atoms with Gasteiger partial charge in [-0.15, -0.1) is 11.3 Å². The summed E-state index contributed by atoms with van der Waals surface area (Å²) in [6, 6.07) is 15.3. The van der Waals surface area contributed by atoms with Gasteiger partial charge in [-0.05, 0) is 35.7 Å². The lowest BCUT2D eigenvalue weighted by molar-refractivity contribution is 0.284. The van der Waals surface area contributed by atoms with Gasteiger partial charge in [-0.3, -0.25) is 9.20 Å². The number of hydrogen-bond acceptors (Lipinski definition) is 8. The molecule has 0 aliphatic rings. The Morgan fingerprint density at radius 2 is 2.00 bits per heavy atom. The first-order valence-electron chi connectivity index (χ1n) is 10.4. The highest BCUT2D eigenvalue weighted by molar-refractivity contribution is 7.15. The molecule has 3 aromatic heterocycles. The molecule has 5 rings (SSSR count). The van der Waals surface area contributed by atoms with Crippen molar-refractivity contribution < 1.29 is 9.47 Å². The van der Waals surface area contributed by atoms with Gasteiger partial charge < -0.3 is 15.2 Å². The molecule has 9 heteroatoms. The number of nitrogens with zero attached hydrogens (tertiary/aromatic N) is 4. The van der Waals surface area contributed by atoms with Crippen LogP contribution in [0.2, 0.25) is 0 Å². The van der Waals surface area contributed by atoms with Crippen LogP contribution in [0.5, 0.6) is 11.5 Å². The van der Waals surface area contributed by atoms with Crippen LogP contribution in [0.4, 0.5) is 5.82 Å². The molecule has 2 N–H and O–H groups in total. The lowest BCUT2D eigenvalue weighted by Crippen LogP contribution is -2.13. The molecular formula is C25H19N5O3S. The van der Waals surface area contributed by atoms with E-state index in [1.54, 1.807) is 34.2 Å². The standard InChI is InChI=1S/C25H19N5O3S/c1-14-5-3-4-6-16(14)13-33-18-8-7-15(11-19(18)32-2)20-17(12-26)22(27)28-23-21(20)24(31)29-25-30(23)9-10-34-25/h3-11H,13H2,1-2H3,(H2,27,28). The summed E-state index contributed by atoms with van der Waals surface area (Å²) in [5.41, 5.74) is 9.26. The molecule has 0 bridgehead atoms. The quantitative estimate of drug-likeness (QED) is 0.407. The average molecular weight is 470 g/mol. The Morgan fingerprint density at radius 1 is 1.18 bits per heavy atom. The van der Waals surface area contributed by atoms with Gasteiger partial charge in [0.15, 0.2) is 22.1 Å². The van der Waals surface area contributed by atoms with Crippen molar-refractivity contribution in [1.29, 1.82) is 5.26 Å². The zero-order valence-electron chi connectivity index (χ0n) is 18.4. The molecule has 0 radical (unpaired) electrons. The second-order valence-corrected chi connectivity index (χ2v) is 8.48. The van der Waals surface area contributed by atoms with E-state index in [-0.39, 0.29) is 16.8 Å². The predicted molar refractivity (Wildman–Crippen MR) is 131 cm³/mol. The van der Waals surface area contributed by atoms with E-state index in [4.69, 9.17) is 15.2 Å². The number of thiazole rings is 1. The Hall–Kier alpha value is -4.42. The highest BCUT2D eigenvalue weighted by Gasteiger charge is 2.21. The number of fused-ring (bicyclic) bond motifs is 3. The highest BCUT2D eigenvalue weighted by Crippen LogP contribution is 2.38. The summed E-state index contributed by atoms with van der Waals surface area (Å²) >= 11 is 1.32. The van der Waals surface area contributed by atoms with Gasteiger partial charge in [0.2, 0.25) is 0 Å². The number of nitrogen functional groups attached to an aromatic ring is 1. The van der Waals surface area contributed by atoms with Gasteiger partial charge in [0.1, 0.15) is 24.1 Å². The maximum Gasteiger partial charge on any atom is 0.284 e. The minimum atomic E-state index is -0.477. The van der Waals surface area contributed by atoms with Crippen LogP contribution in [0, 0.1) is 18.3 Å². The first kappa shape index (κ1) is 21.4. The Labute approximate surface area is 198 Å². The van der Waals surface area contributed by atoms with E-state index in [1.165, 1.54) is 18.4 Å². The third-order valence-electron chi connectivity index (χ3n) is 5.64. The van der Waals surface area contributed by atoms with Crippen LogP contribution >= 0.6 is 11.3 Å². The number of anilines is 1. The van der Waals surface area contributed by atoms with Crippen LogP contribution < -0.4 is 20.8 Å². The van der Waals surface area contributed by atoms with E-state index in [0.29, 0.717) is 39.8 Å². The van der Waals surface area contributed by atoms with E-state index in [9.17, 15) is 10.1 Å². The van der Waals surface area contributed by atoms with E-state index in [1.807, 2.05) is 31.2 Å². The minimum absolute atomic E-state index is 0.0365. The van der Waals surface area contributed by atoms with E-state index in [0.717, 1.165) is 11.1 Å². The summed E-state index contributed by atoms with van der Waals surface area (Å²) in [5, 5.41) is 11.9. The van der Waals surface area contributed by atoms with Gasteiger partial charge in [0.25, 0.3) is 5.56 Å². The summed E-state index contributed by atoms with van der Waals surface area (Å²) < 4.78 is 13.3. The van der Waals surface area contributed by atoms with Crippen molar-refractivity contribution in [3.63, 3.8) is 0 Å². The average Bonchev–Trinajstić information content (AvgIpc) is 3.31. The molecule has 34 heavy (non-hydrogen) atoms. The van der Waals surface area contributed by atoms with Crippen LogP contribution in [0.3, 0.4) is 0 Å². The number of hydrogen-bond donors (Lipinski definition) is 1.